The number of Topliss-reactive ketones (excluding diaryl/α,β-unsaturated/α-hetero) is 1. The van der Waals surface area contributed by atoms with Gasteiger partial charge in [-0.2, -0.15) is 0 Å². The van der Waals surface area contributed by atoms with Gasteiger partial charge in [0.1, 0.15) is 5.60 Å². The van der Waals surface area contributed by atoms with E-state index in [2.05, 4.69) is 19.1 Å². The lowest BCUT2D eigenvalue weighted by Crippen LogP contribution is -2.46. The van der Waals surface area contributed by atoms with Gasteiger partial charge < -0.3 is 14.8 Å². The predicted molar refractivity (Wildman–Crippen MR) is 59.6 cm³/mol. The normalized spacial score (nSPS) is 26.1. The Hall–Kier alpha value is -0.675. The molecule has 1 aliphatic rings. The molecule has 0 unspecified atom stereocenters. The van der Waals surface area contributed by atoms with Crippen molar-refractivity contribution in [2.24, 2.45) is 5.92 Å². The van der Waals surface area contributed by atoms with Crippen molar-refractivity contribution in [2.45, 2.75) is 38.8 Å². The van der Waals surface area contributed by atoms with Crippen LogP contribution < -0.4 is 5.23 Å². The zero-order chi connectivity index (χ0) is 11.5. The molecular formula is C10H18BNO3. The molecule has 1 aliphatic heterocycles. The first-order valence-corrected chi connectivity index (χ1v) is 5.35. The van der Waals surface area contributed by atoms with Gasteiger partial charge in [0, 0.05) is 0 Å². The van der Waals surface area contributed by atoms with Crippen LogP contribution in [0.2, 0.25) is 0 Å². The van der Waals surface area contributed by atoms with E-state index in [-0.39, 0.29) is 19.2 Å². The molecule has 1 heterocycles. The molecular weight excluding hydrogens is 193 g/mol. The van der Waals surface area contributed by atoms with Gasteiger partial charge in [-0.1, -0.05) is 13.8 Å². The number of hydrogen-bond acceptors (Lipinski definition) is 4. The number of hydrogen-bond donors (Lipinski definition) is 1. The summed E-state index contributed by atoms with van der Waals surface area (Å²) in [7, 11) is 0.221. The summed E-state index contributed by atoms with van der Waals surface area (Å²) in [5.74, 6) is 0.485. The summed E-state index contributed by atoms with van der Waals surface area (Å²) in [6, 6.07) is -0.261. The SMILES string of the molecule is CC(C)C[C@H](NBC=O)C(=O)[C@]1(C)CO1. The molecule has 0 spiro atoms. The van der Waals surface area contributed by atoms with Crippen LogP contribution in [-0.4, -0.2) is 37.6 Å². The van der Waals surface area contributed by atoms with E-state index in [4.69, 9.17) is 4.74 Å². The third-order valence-electron chi connectivity index (χ3n) is 2.57. The Morgan fingerprint density at radius 3 is 2.67 bits per heavy atom. The number of carbonyl (C=O) groups excluding carboxylic acids is 2. The molecule has 4 nitrogen and oxygen atoms in total. The van der Waals surface area contributed by atoms with Gasteiger partial charge in [-0.3, -0.25) is 4.79 Å². The number of nitrogens with one attached hydrogen (secondary N) is 1. The van der Waals surface area contributed by atoms with E-state index in [0.717, 1.165) is 12.6 Å². The van der Waals surface area contributed by atoms with Crippen molar-refractivity contribution in [3.63, 3.8) is 0 Å². The summed E-state index contributed by atoms with van der Waals surface area (Å²) in [5.41, 5.74) is -0.602. The molecule has 0 aliphatic carbocycles. The van der Waals surface area contributed by atoms with E-state index >= 15 is 0 Å². The first-order chi connectivity index (χ1) is 6.99. The summed E-state index contributed by atoms with van der Waals surface area (Å²) >= 11 is 0. The smallest absolute Gasteiger partial charge is 0.278 e. The molecule has 15 heavy (non-hydrogen) atoms. The molecule has 0 bridgehead atoms. The predicted octanol–water partition coefficient (Wildman–Crippen LogP) is -0.110. The fourth-order valence-corrected chi connectivity index (χ4v) is 1.56. The first-order valence-electron chi connectivity index (χ1n) is 5.35. The molecule has 1 fully saturated rings. The number of carbonyl (C=O) groups is 2. The van der Waals surface area contributed by atoms with Gasteiger partial charge in [0.05, 0.1) is 18.8 Å². The van der Waals surface area contributed by atoms with Crippen molar-refractivity contribution in [3.8, 4) is 0 Å². The van der Waals surface area contributed by atoms with Crippen LogP contribution in [0.5, 0.6) is 0 Å². The standard InChI is InChI=1S/C10H18BNO3/c1-7(2)4-8(12-11-6-13)9(14)10(3)5-15-10/h6-8,11-12H,4-5H2,1-3H3/t8-,10-/m0/s1. The maximum absolute atomic E-state index is 12.0. The van der Waals surface area contributed by atoms with Crippen molar-refractivity contribution in [1.29, 1.82) is 0 Å². The fraction of sp³-hybridized carbons (Fsp3) is 0.800. The van der Waals surface area contributed by atoms with Crippen LogP contribution in [0.3, 0.4) is 0 Å². The molecule has 5 heteroatoms. The number of rotatable bonds is 7. The van der Waals surface area contributed by atoms with Crippen LogP contribution in [0, 0.1) is 5.92 Å². The van der Waals surface area contributed by atoms with E-state index < -0.39 is 5.60 Å². The maximum atomic E-state index is 12.0. The lowest BCUT2D eigenvalue weighted by molar-refractivity contribution is -0.125. The largest absolute Gasteiger partial charge is 0.362 e. The molecule has 0 radical (unpaired) electrons. The summed E-state index contributed by atoms with van der Waals surface area (Å²) in [6.45, 7) is 6.41. The first kappa shape index (κ1) is 12.4. The molecule has 0 aromatic carbocycles. The summed E-state index contributed by atoms with van der Waals surface area (Å²) < 4.78 is 5.12. The molecule has 0 aromatic rings. The summed E-state index contributed by atoms with van der Waals surface area (Å²) in [5, 5.41) is 2.95. The van der Waals surface area contributed by atoms with Crippen molar-refractivity contribution in [1.82, 2.24) is 5.23 Å². The molecule has 0 saturated carbocycles. The molecule has 1 N–H and O–H groups in total. The average molecular weight is 211 g/mol. The minimum Gasteiger partial charge on any atom is -0.362 e. The van der Waals surface area contributed by atoms with Crippen LogP contribution in [0.1, 0.15) is 27.2 Å². The quantitative estimate of drug-likeness (QED) is 0.362. The van der Waals surface area contributed by atoms with Crippen LogP contribution in [0.15, 0.2) is 0 Å². The Balaban J connectivity index is 2.54. The van der Waals surface area contributed by atoms with Gasteiger partial charge in [-0.05, 0) is 19.3 Å². The van der Waals surface area contributed by atoms with E-state index in [1.54, 1.807) is 6.92 Å². The zero-order valence-electron chi connectivity index (χ0n) is 9.58. The number of epoxide rings is 1. The van der Waals surface area contributed by atoms with Crippen molar-refractivity contribution in [3.05, 3.63) is 0 Å². The third kappa shape index (κ3) is 3.43. The van der Waals surface area contributed by atoms with Crippen LogP contribution in [0.25, 0.3) is 0 Å². The second-order valence-corrected chi connectivity index (χ2v) is 4.64. The summed E-state index contributed by atoms with van der Waals surface area (Å²) in [4.78, 5) is 22.2. The monoisotopic (exact) mass is 211 g/mol. The van der Waals surface area contributed by atoms with Crippen LogP contribution in [0.4, 0.5) is 0 Å². The highest BCUT2D eigenvalue weighted by atomic mass is 16.6. The molecule has 0 amide bonds. The Labute approximate surface area is 91.0 Å². The van der Waals surface area contributed by atoms with Crippen LogP contribution in [-0.2, 0) is 14.3 Å². The lowest BCUT2D eigenvalue weighted by Gasteiger charge is -2.20. The average Bonchev–Trinajstić information content (AvgIpc) is 2.90. The molecule has 0 aromatic heterocycles. The lowest BCUT2D eigenvalue weighted by atomic mass is 9.88. The van der Waals surface area contributed by atoms with Gasteiger partial charge in [-0.25, -0.2) is 0 Å². The van der Waals surface area contributed by atoms with Crippen molar-refractivity contribution < 1.29 is 14.3 Å². The van der Waals surface area contributed by atoms with Crippen LogP contribution >= 0.6 is 0 Å². The number of ketones is 1. The van der Waals surface area contributed by atoms with E-state index in [1.807, 2.05) is 0 Å². The maximum Gasteiger partial charge on any atom is 0.278 e. The Bertz CT molecular complexity index is 251. The Morgan fingerprint density at radius 1 is 1.67 bits per heavy atom. The van der Waals surface area contributed by atoms with Crippen molar-refractivity contribution in [2.75, 3.05) is 6.61 Å². The third-order valence-corrected chi connectivity index (χ3v) is 2.57. The van der Waals surface area contributed by atoms with Gasteiger partial charge in [-0.15, -0.1) is 0 Å². The zero-order valence-corrected chi connectivity index (χ0v) is 9.58. The molecule has 84 valence electrons. The molecule has 2 atom stereocenters. The second kappa shape index (κ2) is 4.90. The summed E-state index contributed by atoms with van der Waals surface area (Å²) in [6.07, 6.45) is 1.52. The number of ether oxygens (including phenoxy) is 1. The van der Waals surface area contributed by atoms with E-state index in [9.17, 15) is 9.59 Å². The highest BCUT2D eigenvalue weighted by Crippen LogP contribution is 2.29. The Kier molecular flexibility index (Phi) is 4.05. The van der Waals surface area contributed by atoms with Crippen molar-refractivity contribution >= 4 is 19.4 Å². The van der Waals surface area contributed by atoms with Gasteiger partial charge in [0.15, 0.2) is 5.78 Å². The molecule has 1 saturated heterocycles. The second-order valence-electron chi connectivity index (χ2n) is 4.64. The Morgan fingerprint density at radius 2 is 2.27 bits per heavy atom. The highest BCUT2D eigenvalue weighted by Gasteiger charge is 2.49. The fourth-order valence-electron chi connectivity index (χ4n) is 1.56. The van der Waals surface area contributed by atoms with E-state index in [0.29, 0.717) is 12.5 Å². The molecule has 1 rings (SSSR count). The van der Waals surface area contributed by atoms with Gasteiger partial charge >= 0.3 is 0 Å². The highest BCUT2D eigenvalue weighted by molar-refractivity contribution is 6.64. The van der Waals surface area contributed by atoms with Gasteiger partial charge in [0.25, 0.3) is 7.41 Å². The van der Waals surface area contributed by atoms with Gasteiger partial charge in [0.2, 0.25) is 0 Å². The van der Waals surface area contributed by atoms with E-state index in [1.165, 1.54) is 0 Å². The topological polar surface area (TPSA) is 58.7 Å². The minimum atomic E-state index is -0.602. The minimum absolute atomic E-state index is 0.0676.